The largest absolute Gasteiger partial charge is 0.371 e. The highest BCUT2D eigenvalue weighted by Gasteiger charge is 2.43. The summed E-state index contributed by atoms with van der Waals surface area (Å²) in [5.41, 5.74) is 0.637. The van der Waals surface area contributed by atoms with Crippen molar-refractivity contribution in [2.75, 3.05) is 45.2 Å². The summed E-state index contributed by atoms with van der Waals surface area (Å²) < 4.78 is 5.70. The summed E-state index contributed by atoms with van der Waals surface area (Å²) in [5, 5.41) is 3.31. The summed E-state index contributed by atoms with van der Waals surface area (Å²) in [6.45, 7) is 3.35. The number of ether oxygens (including phenoxy) is 1. The van der Waals surface area contributed by atoms with Crippen LogP contribution in [0.2, 0.25) is 0 Å². The Balaban J connectivity index is 0.00000169. The number of carbonyl (C=O) groups excluding carboxylic acids is 1. The molecule has 2 fully saturated rings. The van der Waals surface area contributed by atoms with Crippen molar-refractivity contribution in [1.29, 1.82) is 0 Å². The van der Waals surface area contributed by atoms with Crippen LogP contribution in [0, 0.1) is 0 Å². The molecule has 0 unspecified atom stereocenters. The molecule has 0 aromatic heterocycles. The zero-order valence-corrected chi connectivity index (χ0v) is 17.3. The van der Waals surface area contributed by atoms with E-state index in [2.05, 4.69) is 41.5 Å². The molecule has 0 radical (unpaired) electrons. The summed E-state index contributed by atoms with van der Waals surface area (Å²) in [4.78, 5) is 17.4. The standard InChI is InChI=1S/C19H29N3O2.2ClH/c1-21(16-6-4-3-5-7-16)17-8-14-22(15-9-17)18(23)19(24-2)10-12-20-13-11-19;;/h3-7,17,20H,8-15H2,1-2H3;2*1H. The fourth-order valence-corrected chi connectivity index (χ4v) is 3.95. The fraction of sp³-hybridized carbons (Fsp3) is 0.632. The SMILES string of the molecule is COC1(C(=O)N2CCC(N(C)c3ccccc3)CC2)CCNCC1.Cl.Cl. The number of likely N-dealkylation sites (tertiary alicyclic amines) is 1. The van der Waals surface area contributed by atoms with Crippen molar-refractivity contribution < 1.29 is 9.53 Å². The summed E-state index contributed by atoms with van der Waals surface area (Å²) in [6.07, 6.45) is 3.56. The first-order valence-corrected chi connectivity index (χ1v) is 8.99. The molecular formula is C19H31Cl2N3O2. The van der Waals surface area contributed by atoms with Gasteiger partial charge >= 0.3 is 0 Å². The molecule has 1 aromatic carbocycles. The Morgan fingerprint density at radius 3 is 2.27 bits per heavy atom. The number of nitrogens with zero attached hydrogens (tertiary/aromatic N) is 2. The van der Waals surface area contributed by atoms with Gasteiger partial charge in [-0.15, -0.1) is 24.8 Å². The number of para-hydroxylation sites is 1. The maximum atomic E-state index is 13.0. The molecule has 1 amide bonds. The molecule has 0 atom stereocenters. The van der Waals surface area contributed by atoms with Gasteiger partial charge < -0.3 is 19.9 Å². The molecule has 1 N–H and O–H groups in total. The van der Waals surface area contributed by atoms with Crippen molar-refractivity contribution in [3.8, 4) is 0 Å². The summed E-state index contributed by atoms with van der Waals surface area (Å²) >= 11 is 0. The highest BCUT2D eigenvalue weighted by atomic mass is 35.5. The smallest absolute Gasteiger partial charge is 0.254 e. The third-order valence-corrected chi connectivity index (χ3v) is 5.65. The number of piperidine rings is 2. The van der Waals surface area contributed by atoms with Crippen molar-refractivity contribution in [2.24, 2.45) is 0 Å². The fourth-order valence-electron chi connectivity index (χ4n) is 3.95. The van der Waals surface area contributed by atoms with Gasteiger partial charge in [0.2, 0.25) is 0 Å². The molecule has 7 heteroatoms. The predicted molar refractivity (Wildman–Crippen MR) is 111 cm³/mol. The van der Waals surface area contributed by atoms with Crippen LogP contribution >= 0.6 is 24.8 Å². The van der Waals surface area contributed by atoms with Gasteiger partial charge in [-0.1, -0.05) is 18.2 Å². The molecule has 1 aromatic rings. The number of benzene rings is 1. The van der Waals surface area contributed by atoms with Crippen LogP contribution in [-0.2, 0) is 9.53 Å². The minimum atomic E-state index is -0.608. The van der Waals surface area contributed by atoms with E-state index in [0.717, 1.165) is 51.9 Å². The molecule has 148 valence electrons. The Kier molecular flexibility index (Phi) is 9.17. The molecule has 2 saturated heterocycles. The Hall–Kier alpha value is -1.01. The van der Waals surface area contributed by atoms with E-state index in [1.54, 1.807) is 7.11 Å². The average molecular weight is 404 g/mol. The van der Waals surface area contributed by atoms with Crippen LogP contribution in [0.15, 0.2) is 30.3 Å². The Morgan fingerprint density at radius 1 is 1.15 bits per heavy atom. The van der Waals surface area contributed by atoms with E-state index in [0.29, 0.717) is 6.04 Å². The highest BCUT2D eigenvalue weighted by Crippen LogP contribution is 2.28. The van der Waals surface area contributed by atoms with E-state index in [-0.39, 0.29) is 30.7 Å². The van der Waals surface area contributed by atoms with Crippen LogP contribution in [0.4, 0.5) is 5.69 Å². The van der Waals surface area contributed by atoms with Crippen LogP contribution in [0.25, 0.3) is 0 Å². The van der Waals surface area contributed by atoms with Crippen LogP contribution in [0.5, 0.6) is 0 Å². The normalized spacial score (nSPS) is 19.8. The van der Waals surface area contributed by atoms with Crippen LogP contribution in [0.3, 0.4) is 0 Å². The first-order chi connectivity index (χ1) is 11.7. The van der Waals surface area contributed by atoms with Gasteiger partial charge in [0.15, 0.2) is 0 Å². The summed E-state index contributed by atoms with van der Waals surface area (Å²) in [7, 11) is 3.83. The topological polar surface area (TPSA) is 44.8 Å². The molecule has 5 nitrogen and oxygen atoms in total. The number of rotatable bonds is 4. The minimum Gasteiger partial charge on any atom is -0.371 e. The molecule has 2 heterocycles. The summed E-state index contributed by atoms with van der Waals surface area (Å²) in [5.74, 6) is 0.187. The number of hydrogen-bond donors (Lipinski definition) is 1. The van der Waals surface area contributed by atoms with E-state index in [1.165, 1.54) is 5.69 Å². The lowest BCUT2D eigenvalue weighted by molar-refractivity contribution is -0.159. The Bertz CT molecular complexity index is 545. The third kappa shape index (κ3) is 4.83. The van der Waals surface area contributed by atoms with Gasteiger partial charge in [0.25, 0.3) is 5.91 Å². The molecular weight excluding hydrogens is 373 g/mol. The molecule has 0 aliphatic carbocycles. The number of amides is 1. The van der Waals surface area contributed by atoms with Crippen molar-refractivity contribution >= 4 is 36.4 Å². The van der Waals surface area contributed by atoms with Gasteiger partial charge in [-0.05, 0) is 50.9 Å². The van der Waals surface area contributed by atoms with Crippen LogP contribution < -0.4 is 10.2 Å². The zero-order chi connectivity index (χ0) is 17.0. The molecule has 2 aliphatic heterocycles. The number of methoxy groups -OCH3 is 1. The van der Waals surface area contributed by atoms with Crippen molar-refractivity contribution in [2.45, 2.75) is 37.3 Å². The first-order valence-electron chi connectivity index (χ1n) is 8.99. The van der Waals surface area contributed by atoms with Gasteiger partial charge in [-0.3, -0.25) is 4.79 Å². The van der Waals surface area contributed by atoms with Crippen LogP contribution in [0.1, 0.15) is 25.7 Å². The minimum absolute atomic E-state index is 0. The molecule has 0 spiro atoms. The quantitative estimate of drug-likeness (QED) is 0.838. The highest BCUT2D eigenvalue weighted by molar-refractivity contribution is 5.86. The van der Waals surface area contributed by atoms with E-state index >= 15 is 0 Å². The van der Waals surface area contributed by atoms with Gasteiger partial charge in [0, 0.05) is 39.0 Å². The second-order valence-electron chi connectivity index (χ2n) is 6.92. The van der Waals surface area contributed by atoms with E-state index in [9.17, 15) is 4.79 Å². The Labute approximate surface area is 169 Å². The number of carbonyl (C=O) groups is 1. The molecule has 2 aliphatic rings. The lowest BCUT2D eigenvalue weighted by atomic mass is 9.89. The van der Waals surface area contributed by atoms with Gasteiger partial charge in [-0.2, -0.15) is 0 Å². The average Bonchev–Trinajstić information content (AvgIpc) is 2.68. The van der Waals surface area contributed by atoms with Crippen molar-refractivity contribution in [1.82, 2.24) is 10.2 Å². The molecule has 26 heavy (non-hydrogen) atoms. The second-order valence-corrected chi connectivity index (χ2v) is 6.92. The number of hydrogen-bond acceptors (Lipinski definition) is 4. The second kappa shape index (κ2) is 10.4. The maximum absolute atomic E-state index is 13.0. The Morgan fingerprint density at radius 2 is 1.73 bits per heavy atom. The van der Waals surface area contributed by atoms with Gasteiger partial charge in [-0.25, -0.2) is 0 Å². The number of halogens is 2. The van der Waals surface area contributed by atoms with Gasteiger partial charge in [0.05, 0.1) is 0 Å². The molecule has 0 bridgehead atoms. The first kappa shape index (κ1) is 23.0. The lowest BCUT2D eigenvalue weighted by Gasteiger charge is -2.43. The van der Waals surface area contributed by atoms with Crippen molar-refractivity contribution in [3.63, 3.8) is 0 Å². The third-order valence-electron chi connectivity index (χ3n) is 5.65. The predicted octanol–water partition coefficient (Wildman–Crippen LogP) is 2.73. The van der Waals surface area contributed by atoms with E-state index < -0.39 is 5.60 Å². The van der Waals surface area contributed by atoms with E-state index in [1.807, 2.05) is 11.0 Å². The monoisotopic (exact) mass is 403 g/mol. The van der Waals surface area contributed by atoms with Crippen LogP contribution in [-0.4, -0.2) is 62.8 Å². The maximum Gasteiger partial charge on any atom is 0.254 e. The lowest BCUT2D eigenvalue weighted by Crippen LogP contribution is -2.57. The molecule has 0 saturated carbocycles. The summed E-state index contributed by atoms with van der Waals surface area (Å²) in [6, 6.07) is 11.0. The molecule has 3 rings (SSSR count). The van der Waals surface area contributed by atoms with Gasteiger partial charge in [0.1, 0.15) is 5.60 Å². The van der Waals surface area contributed by atoms with Crippen molar-refractivity contribution in [3.05, 3.63) is 30.3 Å². The van der Waals surface area contributed by atoms with E-state index in [4.69, 9.17) is 4.74 Å². The number of nitrogens with one attached hydrogen (secondary N) is 1. The number of anilines is 1. The zero-order valence-electron chi connectivity index (χ0n) is 15.6.